The van der Waals surface area contributed by atoms with Crippen LogP contribution < -0.4 is 10.0 Å². The molecule has 0 aliphatic carbocycles. The molecule has 0 saturated carbocycles. The lowest BCUT2D eigenvalue weighted by molar-refractivity contribution is 0.584. The highest BCUT2D eigenvalue weighted by atomic mass is 32.2. The quantitative estimate of drug-likeness (QED) is 0.762. The van der Waals surface area contributed by atoms with Crippen molar-refractivity contribution in [1.82, 2.24) is 4.72 Å². The number of nitrogens with one attached hydrogen (secondary N) is 2. The summed E-state index contributed by atoms with van der Waals surface area (Å²) in [6, 6.07) is 6.61. The second kappa shape index (κ2) is 7.75. The van der Waals surface area contributed by atoms with Gasteiger partial charge in [0.15, 0.2) is 0 Å². The minimum absolute atomic E-state index is 0.149. The lowest BCUT2D eigenvalue weighted by Crippen LogP contribution is -2.23. The van der Waals surface area contributed by atoms with Gasteiger partial charge in [0.1, 0.15) is 0 Å². The van der Waals surface area contributed by atoms with Gasteiger partial charge in [0.05, 0.1) is 4.90 Å². The normalized spacial score (nSPS) is 14.8. The van der Waals surface area contributed by atoms with Gasteiger partial charge in [-0.1, -0.05) is 13.8 Å². The van der Waals surface area contributed by atoms with Gasteiger partial charge in [0, 0.05) is 41.1 Å². The van der Waals surface area contributed by atoms with E-state index in [2.05, 4.69) is 10.0 Å². The van der Waals surface area contributed by atoms with Crippen LogP contribution in [0.25, 0.3) is 0 Å². The fraction of sp³-hybridized carbons (Fsp3) is 0.538. The fourth-order valence-electron chi connectivity index (χ4n) is 1.61. The average molecular weight is 318 g/mol. The molecule has 0 aliphatic rings. The van der Waals surface area contributed by atoms with Gasteiger partial charge in [-0.05, 0) is 30.7 Å². The van der Waals surface area contributed by atoms with E-state index < -0.39 is 20.8 Å². The minimum Gasteiger partial charge on any atom is -0.385 e. The molecule has 0 aromatic heterocycles. The van der Waals surface area contributed by atoms with Crippen LogP contribution in [0.5, 0.6) is 0 Å². The second-order valence-corrected chi connectivity index (χ2v) is 8.12. The van der Waals surface area contributed by atoms with E-state index in [1.807, 2.05) is 6.92 Å². The van der Waals surface area contributed by atoms with Crippen LogP contribution in [0.4, 0.5) is 5.69 Å². The molecule has 114 valence electrons. The second-order valence-electron chi connectivity index (χ2n) is 4.55. The first-order valence-electron chi connectivity index (χ1n) is 6.52. The Bertz CT molecular complexity index is 541. The molecule has 0 spiro atoms. The molecule has 1 aromatic carbocycles. The number of hydrogen-bond acceptors (Lipinski definition) is 4. The summed E-state index contributed by atoms with van der Waals surface area (Å²) in [5.74, 6) is 0. The summed E-state index contributed by atoms with van der Waals surface area (Å²) < 4.78 is 37.2. The van der Waals surface area contributed by atoms with Crippen molar-refractivity contribution in [1.29, 1.82) is 0 Å². The summed E-state index contributed by atoms with van der Waals surface area (Å²) in [7, 11) is -4.20. The van der Waals surface area contributed by atoms with Crippen LogP contribution in [0, 0.1) is 0 Å². The zero-order valence-electron chi connectivity index (χ0n) is 12.0. The number of hydrogen-bond donors (Lipinski definition) is 2. The number of rotatable bonds is 8. The number of anilines is 1. The first-order chi connectivity index (χ1) is 9.36. The van der Waals surface area contributed by atoms with E-state index in [1.54, 1.807) is 37.4 Å². The molecule has 5 nitrogen and oxygen atoms in total. The van der Waals surface area contributed by atoms with Crippen LogP contribution >= 0.6 is 0 Å². The third-order valence-electron chi connectivity index (χ3n) is 2.95. The molecule has 0 bridgehead atoms. The van der Waals surface area contributed by atoms with Gasteiger partial charge in [0.2, 0.25) is 10.0 Å². The zero-order chi connectivity index (χ0) is 15.2. The van der Waals surface area contributed by atoms with E-state index >= 15 is 0 Å². The van der Waals surface area contributed by atoms with Crippen molar-refractivity contribution in [2.24, 2.45) is 0 Å². The lowest BCUT2D eigenvalue weighted by Gasteiger charge is -2.11. The molecule has 0 heterocycles. The lowest BCUT2D eigenvalue weighted by atomic mass is 10.3. The third kappa shape index (κ3) is 5.22. The molecule has 0 saturated heterocycles. The Morgan fingerprint density at radius 1 is 1.25 bits per heavy atom. The molecule has 0 radical (unpaired) electrons. The van der Waals surface area contributed by atoms with Crippen molar-refractivity contribution >= 4 is 26.5 Å². The van der Waals surface area contributed by atoms with Crippen LogP contribution in [0.1, 0.15) is 20.3 Å². The van der Waals surface area contributed by atoms with Gasteiger partial charge in [-0.15, -0.1) is 0 Å². The predicted molar refractivity (Wildman–Crippen MR) is 83.9 cm³/mol. The smallest absolute Gasteiger partial charge is 0.240 e. The molecular weight excluding hydrogens is 296 g/mol. The Morgan fingerprint density at radius 3 is 2.35 bits per heavy atom. The summed E-state index contributed by atoms with van der Waals surface area (Å²) >= 11 is 0. The van der Waals surface area contributed by atoms with Crippen molar-refractivity contribution in [2.75, 3.05) is 24.7 Å². The Labute approximate surface area is 123 Å². The zero-order valence-corrected chi connectivity index (χ0v) is 13.7. The standard InChI is InChI=1S/C13H22N2O3S2/c1-4-15-20(17,18)13-7-5-12(6-8-13)14-10-9-11(2)19(3)16/h5-8,11,14-15H,4,9-10H2,1-3H3. The fourth-order valence-corrected chi connectivity index (χ4v) is 3.10. The van der Waals surface area contributed by atoms with Gasteiger partial charge in [-0.3, -0.25) is 4.21 Å². The number of sulfonamides is 1. The molecule has 2 atom stereocenters. The van der Waals surface area contributed by atoms with E-state index in [0.29, 0.717) is 13.1 Å². The SMILES string of the molecule is CCNS(=O)(=O)c1ccc(NCCC(C)S(C)=O)cc1. The molecule has 7 heteroatoms. The topological polar surface area (TPSA) is 75.3 Å². The molecule has 0 fully saturated rings. The molecule has 20 heavy (non-hydrogen) atoms. The molecule has 0 aliphatic heterocycles. The van der Waals surface area contributed by atoms with Crippen LogP contribution in [-0.2, 0) is 20.8 Å². The highest BCUT2D eigenvalue weighted by molar-refractivity contribution is 7.89. The summed E-state index contributed by atoms with van der Waals surface area (Å²) in [5, 5.41) is 3.34. The Morgan fingerprint density at radius 2 is 1.85 bits per heavy atom. The molecular formula is C13H22N2O3S2. The highest BCUT2D eigenvalue weighted by Crippen LogP contribution is 2.14. The van der Waals surface area contributed by atoms with Crippen LogP contribution in [-0.4, -0.2) is 37.2 Å². The van der Waals surface area contributed by atoms with E-state index in [0.717, 1.165) is 12.1 Å². The molecule has 1 rings (SSSR count). The monoisotopic (exact) mass is 318 g/mol. The predicted octanol–water partition coefficient (Wildman–Crippen LogP) is 1.55. The van der Waals surface area contributed by atoms with Crippen LogP contribution in [0.15, 0.2) is 29.2 Å². The van der Waals surface area contributed by atoms with Crippen molar-refractivity contribution in [3.05, 3.63) is 24.3 Å². The summed E-state index contributed by atoms with van der Waals surface area (Å²) in [4.78, 5) is 0.257. The molecule has 2 N–H and O–H groups in total. The van der Waals surface area contributed by atoms with Gasteiger partial charge in [-0.2, -0.15) is 0 Å². The van der Waals surface area contributed by atoms with Gasteiger partial charge < -0.3 is 5.32 Å². The van der Waals surface area contributed by atoms with E-state index in [-0.39, 0.29) is 10.1 Å². The van der Waals surface area contributed by atoms with Gasteiger partial charge in [-0.25, -0.2) is 13.1 Å². The van der Waals surface area contributed by atoms with Crippen molar-refractivity contribution < 1.29 is 12.6 Å². The van der Waals surface area contributed by atoms with Crippen LogP contribution in [0.3, 0.4) is 0 Å². The maximum absolute atomic E-state index is 11.8. The maximum atomic E-state index is 11.8. The van der Waals surface area contributed by atoms with Crippen molar-refractivity contribution in [3.8, 4) is 0 Å². The largest absolute Gasteiger partial charge is 0.385 e. The first kappa shape index (κ1) is 17.1. The summed E-state index contributed by atoms with van der Waals surface area (Å²) in [6.07, 6.45) is 2.51. The molecule has 0 amide bonds. The summed E-state index contributed by atoms with van der Waals surface area (Å²) in [6.45, 7) is 4.77. The summed E-state index contributed by atoms with van der Waals surface area (Å²) in [5.41, 5.74) is 0.856. The third-order valence-corrected chi connectivity index (χ3v) is 5.88. The highest BCUT2D eigenvalue weighted by Gasteiger charge is 2.11. The van der Waals surface area contributed by atoms with E-state index in [4.69, 9.17) is 0 Å². The van der Waals surface area contributed by atoms with Gasteiger partial charge in [0.25, 0.3) is 0 Å². The van der Waals surface area contributed by atoms with Crippen molar-refractivity contribution in [2.45, 2.75) is 30.4 Å². The molecule has 2 unspecified atom stereocenters. The maximum Gasteiger partial charge on any atom is 0.240 e. The van der Waals surface area contributed by atoms with Gasteiger partial charge >= 0.3 is 0 Å². The minimum atomic E-state index is -3.39. The molecule has 1 aromatic rings. The Balaban J connectivity index is 2.57. The Hall–Kier alpha value is -0.920. The first-order valence-corrected chi connectivity index (χ1v) is 9.63. The number of benzene rings is 1. The Kier molecular flexibility index (Phi) is 6.64. The van der Waals surface area contributed by atoms with Crippen molar-refractivity contribution in [3.63, 3.8) is 0 Å². The van der Waals surface area contributed by atoms with E-state index in [1.165, 1.54) is 0 Å². The van der Waals surface area contributed by atoms with Crippen LogP contribution in [0.2, 0.25) is 0 Å². The van der Waals surface area contributed by atoms with E-state index in [9.17, 15) is 12.6 Å². The average Bonchev–Trinajstić information content (AvgIpc) is 2.39.